The number of carbonyl (C=O) groups is 1. The molecule has 1 aromatic rings. The van der Waals surface area contributed by atoms with Gasteiger partial charge in [0.25, 0.3) is 0 Å². The minimum atomic E-state index is 0.0856. The third-order valence-corrected chi connectivity index (χ3v) is 4.27. The van der Waals surface area contributed by atoms with Crippen molar-refractivity contribution in [1.29, 1.82) is 0 Å². The van der Waals surface area contributed by atoms with Crippen LogP contribution in [0.5, 0.6) is 0 Å². The van der Waals surface area contributed by atoms with Crippen LogP contribution in [0.25, 0.3) is 0 Å². The van der Waals surface area contributed by atoms with E-state index in [1.807, 2.05) is 24.3 Å². The zero-order valence-corrected chi connectivity index (χ0v) is 11.7. The van der Waals surface area contributed by atoms with Gasteiger partial charge in [0.2, 0.25) is 5.91 Å². The fraction of sp³-hybridized carbons (Fsp3) is 0.643. The lowest BCUT2D eigenvalue weighted by Crippen LogP contribution is -2.52. The van der Waals surface area contributed by atoms with Crippen LogP contribution in [0.3, 0.4) is 0 Å². The summed E-state index contributed by atoms with van der Waals surface area (Å²) in [6, 6.07) is 0.253. The highest BCUT2D eigenvalue weighted by atomic mass is 16.5. The lowest BCUT2D eigenvalue weighted by atomic mass is 9.91. The molecule has 0 aromatic carbocycles. The van der Waals surface area contributed by atoms with Crippen molar-refractivity contribution < 1.29 is 9.53 Å². The number of nitrogens with zero attached hydrogens (tertiary/aromatic N) is 4. The summed E-state index contributed by atoms with van der Waals surface area (Å²) in [6.45, 7) is 3.68. The third-order valence-electron chi connectivity index (χ3n) is 4.27. The van der Waals surface area contributed by atoms with Gasteiger partial charge in [-0.1, -0.05) is 0 Å². The molecular formula is C14H20N4O2. The second-order valence-corrected chi connectivity index (χ2v) is 5.62. The van der Waals surface area contributed by atoms with Crippen LogP contribution in [0.2, 0.25) is 0 Å². The van der Waals surface area contributed by atoms with Gasteiger partial charge in [0, 0.05) is 50.1 Å². The van der Waals surface area contributed by atoms with Crippen molar-refractivity contribution in [3.8, 4) is 0 Å². The predicted molar refractivity (Wildman–Crippen MR) is 72.8 cm³/mol. The van der Waals surface area contributed by atoms with E-state index in [1.165, 1.54) is 0 Å². The number of fused-ring (bicyclic) bond motifs is 1. The van der Waals surface area contributed by atoms with Crippen LogP contribution >= 0.6 is 0 Å². The number of hydrogen-bond acceptors (Lipinski definition) is 5. The molecule has 0 N–H and O–H groups in total. The highest BCUT2D eigenvalue weighted by molar-refractivity contribution is 5.77. The summed E-state index contributed by atoms with van der Waals surface area (Å²) in [5.74, 6) is 0.539. The van der Waals surface area contributed by atoms with Crippen LogP contribution in [0.4, 0.5) is 0 Å². The first kappa shape index (κ1) is 13.5. The van der Waals surface area contributed by atoms with E-state index in [-0.39, 0.29) is 18.6 Å². The molecule has 2 atom stereocenters. The molecule has 0 bridgehead atoms. The molecule has 6 heteroatoms. The SMILES string of the molecule is CN1C(=O)COC[C@@H]2CCN(Cc3cncnc3)C[C@@H]21. The predicted octanol–water partition coefficient (Wildman–Crippen LogP) is 0.156. The fourth-order valence-electron chi connectivity index (χ4n) is 3.08. The van der Waals surface area contributed by atoms with Crippen LogP contribution in [0.15, 0.2) is 18.7 Å². The Morgan fingerprint density at radius 3 is 3.00 bits per heavy atom. The van der Waals surface area contributed by atoms with Gasteiger partial charge < -0.3 is 9.64 Å². The fourth-order valence-corrected chi connectivity index (χ4v) is 3.08. The highest BCUT2D eigenvalue weighted by Gasteiger charge is 2.36. The number of piperidine rings is 1. The molecule has 3 heterocycles. The van der Waals surface area contributed by atoms with Crippen LogP contribution in [-0.2, 0) is 16.1 Å². The summed E-state index contributed by atoms with van der Waals surface area (Å²) in [5, 5.41) is 0. The average molecular weight is 276 g/mol. The number of rotatable bonds is 2. The van der Waals surface area contributed by atoms with Gasteiger partial charge in [0.1, 0.15) is 12.9 Å². The molecule has 2 aliphatic heterocycles. The normalized spacial score (nSPS) is 28.1. The molecular weight excluding hydrogens is 256 g/mol. The van der Waals surface area contributed by atoms with Crippen molar-refractivity contribution in [2.75, 3.05) is 33.4 Å². The van der Waals surface area contributed by atoms with Gasteiger partial charge in [-0.3, -0.25) is 9.69 Å². The van der Waals surface area contributed by atoms with Crippen molar-refractivity contribution >= 4 is 5.91 Å². The summed E-state index contributed by atoms with van der Waals surface area (Å²) in [7, 11) is 1.89. The van der Waals surface area contributed by atoms with Crippen LogP contribution in [0, 0.1) is 5.92 Å². The summed E-state index contributed by atoms with van der Waals surface area (Å²) < 4.78 is 5.47. The average Bonchev–Trinajstić information content (AvgIpc) is 2.61. The topological polar surface area (TPSA) is 58.6 Å². The first-order valence-corrected chi connectivity index (χ1v) is 7.03. The standard InChI is InChI=1S/C14H20N4O2/c1-17-13-7-18(6-11-4-15-10-16-5-11)3-2-12(13)8-20-9-14(17)19/h4-5,10,12-13H,2-3,6-9H2,1H3/t12-,13-/m0/s1. The van der Waals surface area contributed by atoms with Crippen molar-refractivity contribution in [3.63, 3.8) is 0 Å². The molecule has 2 aliphatic rings. The molecule has 0 aliphatic carbocycles. The van der Waals surface area contributed by atoms with Crippen LogP contribution in [-0.4, -0.2) is 65.1 Å². The van der Waals surface area contributed by atoms with Gasteiger partial charge in [-0.25, -0.2) is 9.97 Å². The Kier molecular flexibility index (Phi) is 3.93. The minimum absolute atomic E-state index is 0.0856. The molecule has 1 aromatic heterocycles. The first-order valence-electron chi connectivity index (χ1n) is 7.03. The Morgan fingerprint density at radius 1 is 1.40 bits per heavy atom. The van der Waals surface area contributed by atoms with E-state index in [2.05, 4.69) is 14.9 Å². The summed E-state index contributed by atoms with van der Waals surface area (Å²) in [4.78, 5) is 24.2. The molecule has 0 radical (unpaired) electrons. The van der Waals surface area contributed by atoms with E-state index in [0.29, 0.717) is 12.5 Å². The molecule has 108 valence electrons. The van der Waals surface area contributed by atoms with Gasteiger partial charge in [-0.2, -0.15) is 0 Å². The Balaban J connectivity index is 1.67. The monoisotopic (exact) mass is 276 g/mol. The Labute approximate surface area is 118 Å². The lowest BCUT2D eigenvalue weighted by molar-refractivity contribution is -0.134. The quantitative estimate of drug-likeness (QED) is 0.770. The molecule has 1 amide bonds. The zero-order chi connectivity index (χ0) is 13.9. The van der Waals surface area contributed by atoms with Crippen molar-refractivity contribution in [3.05, 3.63) is 24.3 Å². The largest absolute Gasteiger partial charge is 0.371 e. The van der Waals surface area contributed by atoms with Gasteiger partial charge >= 0.3 is 0 Å². The molecule has 2 saturated heterocycles. The van der Waals surface area contributed by atoms with E-state index in [0.717, 1.165) is 31.6 Å². The van der Waals surface area contributed by atoms with Crippen molar-refractivity contribution in [1.82, 2.24) is 19.8 Å². The third kappa shape index (κ3) is 2.81. The number of ether oxygens (including phenoxy) is 1. The Hall–Kier alpha value is -1.53. The van der Waals surface area contributed by atoms with Gasteiger partial charge in [-0.05, 0) is 13.0 Å². The maximum absolute atomic E-state index is 11.9. The number of aromatic nitrogens is 2. The van der Waals surface area contributed by atoms with Gasteiger partial charge in [-0.15, -0.1) is 0 Å². The van der Waals surface area contributed by atoms with Crippen LogP contribution < -0.4 is 0 Å². The maximum Gasteiger partial charge on any atom is 0.248 e. The molecule has 0 spiro atoms. The van der Waals surface area contributed by atoms with Crippen LogP contribution in [0.1, 0.15) is 12.0 Å². The molecule has 0 saturated carbocycles. The molecule has 20 heavy (non-hydrogen) atoms. The maximum atomic E-state index is 11.9. The lowest BCUT2D eigenvalue weighted by Gasteiger charge is -2.41. The molecule has 3 rings (SSSR count). The van der Waals surface area contributed by atoms with E-state index in [1.54, 1.807) is 6.33 Å². The summed E-state index contributed by atoms with van der Waals surface area (Å²) >= 11 is 0. The Morgan fingerprint density at radius 2 is 2.20 bits per heavy atom. The molecule has 6 nitrogen and oxygen atoms in total. The summed E-state index contributed by atoms with van der Waals surface area (Å²) in [5.41, 5.74) is 1.12. The Bertz CT molecular complexity index is 468. The second-order valence-electron chi connectivity index (χ2n) is 5.62. The highest BCUT2D eigenvalue weighted by Crippen LogP contribution is 2.25. The smallest absolute Gasteiger partial charge is 0.248 e. The summed E-state index contributed by atoms with van der Waals surface area (Å²) in [6.07, 6.45) is 6.31. The number of amides is 1. The van der Waals surface area contributed by atoms with Crippen molar-refractivity contribution in [2.45, 2.75) is 19.0 Å². The van der Waals surface area contributed by atoms with Gasteiger partial charge in [0.05, 0.1) is 6.61 Å². The molecule has 0 unspecified atom stereocenters. The van der Waals surface area contributed by atoms with Gasteiger partial charge in [0.15, 0.2) is 0 Å². The number of likely N-dealkylation sites (N-methyl/N-ethyl adjacent to an activating group) is 1. The number of likely N-dealkylation sites (tertiary alicyclic amines) is 1. The zero-order valence-electron chi connectivity index (χ0n) is 11.7. The van der Waals surface area contributed by atoms with Crippen molar-refractivity contribution in [2.24, 2.45) is 5.92 Å². The minimum Gasteiger partial charge on any atom is -0.371 e. The van der Waals surface area contributed by atoms with E-state index >= 15 is 0 Å². The second kappa shape index (κ2) is 5.85. The molecule has 2 fully saturated rings. The number of hydrogen-bond donors (Lipinski definition) is 0. The van der Waals surface area contributed by atoms with E-state index in [9.17, 15) is 4.79 Å². The number of carbonyl (C=O) groups excluding carboxylic acids is 1. The van der Waals surface area contributed by atoms with E-state index < -0.39 is 0 Å². The first-order chi connectivity index (χ1) is 9.74. The van der Waals surface area contributed by atoms with E-state index in [4.69, 9.17) is 4.74 Å².